The van der Waals surface area contributed by atoms with E-state index < -0.39 is 11.9 Å². The molecule has 27 heavy (non-hydrogen) atoms. The van der Waals surface area contributed by atoms with Gasteiger partial charge in [-0.3, -0.25) is 4.79 Å². The molecule has 2 aromatic rings. The van der Waals surface area contributed by atoms with Gasteiger partial charge in [-0.15, -0.1) is 23.7 Å². The van der Waals surface area contributed by atoms with Crippen molar-refractivity contribution < 1.29 is 18.0 Å². The zero-order chi connectivity index (χ0) is 18.5. The molecule has 0 spiro atoms. The average molecular weight is 422 g/mol. The van der Waals surface area contributed by atoms with Gasteiger partial charge in [-0.25, -0.2) is 9.67 Å². The van der Waals surface area contributed by atoms with Crippen molar-refractivity contribution in [3.8, 4) is 5.13 Å². The van der Waals surface area contributed by atoms with E-state index in [1.165, 1.54) is 12.3 Å². The van der Waals surface area contributed by atoms with Gasteiger partial charge >= 0.3 is 6.18 Å². The minimum atomic E-state index is -4.53. The minimum Gasteiger partial charge on any atom is -0.336 e. The fourth-order valence-electron chi connectivity index (χ4n) is 3.60. The molecule has 2 aromatic heterocycles. The number of fused-ring (bicyclic) bond motifs is 2. The van der Waals surface area contributed by atoms with E-state index in [9.17, 15) is 18.0 Å². The predicted molar refractivity (Wildman–Crippen MR) is 96.7 cm³/mol. The van der Waals surface area contributed by atoms with Crippen LogP contribution in [0.3, 0.4) is 0 Å². The largest absolute Gasteiger partial charge is 0.433 e. The Bertz CT molecular complexity index is 836. The molecule has 0 aliphatic carbocycles. The number of hydrogen-bond donors (Lipinski definition) is 1. The first kappa shape index (κ1) is 20.1. The number of likely N-dealkylation sites (tertiary alicyclic amines) is 1. The van der Waals surface area contributed by atoms with Gasteiger partial charge in [0.2, 0.25) is 5.13 Å². The minimum absolute atomic E-state index is 0. The molecule has 0 radical (unpaired) electrons. The summed E-state index contributed by atoms with van der Waals surface area (Å²) in [6.45, 7) is 2.73. The Kier molecular flexibility index (Phi) is 5.51. The summed E-state index contributed by atoms with van der Waals surface area (Å²) in [4.78, 5) is 18.6. The Labute approximate surface area is 164 Å². The molecule has 2 aliphatic heterocycles. The maximum atomic E-state index is 13.2. The van der Waals surface area contributed by atoms with Gasteiger partial charge in [0.1, 0.15) is 5.69 Å². The van der Waals surface area contributed by atoms with Gasteiger partial charge in [-0.2, -0.15) is 18.3 Å². The summed E-state index contributed by atoms with van der Waals surface area (Å²) >= 11 is 0.985. The van der Waals surface area contributed by atoms with E-state index in [0.29, 0.717) is 19.1 Å². The molecule has 1 amide bonds. The normalized spacial score (nSPS) is 22.4. The number of alkyl halides is 3. The SMILES string of the molecule is Cc1cc(C(F)(F)F)n(-c2nc(C(=O)N3CC[C@H]4CC[C@@H](C3)N4)cs2)n1.Cl. The van der Waals surface area contributed by atoms with Crippen LogP contribution in [-0.4, -0.2) is 50.7 Å². The van der Waals surface area contributed by atoms with Gasteiger partial charge in [0, 0.05) is 30.6 Å². The number of aryl methyl sites for hydroxylation is 1. The zero-order valence-electron chi connectivity index (χ0n) is 14.5. The Morgan fingerprint density at radius 3 is 2.78 bits per heavy atom. The number of hydrogen-bond acceptors (Lipinski definition) is 5. The van der Waals surface area contributed by atoms with Gasteiger partial charge < -0.3 is 10.2 Å². The van der Waals surface area contributed by atoms with Gasteiger partial charge in [0.15, 0.2) is 5.69 Å². The third kappa shape index (κ3) is 3.97. The second-order valence-electron chi connectivity index (χ2n) is 6.77. The highest BCUT2D eigenvalue weighted by molar-refractivity contribution is 7.12. The molecule has 0 aromatic carbocycles. The number of nitrogens with zero attached hydrogens (tertiary/aromatic N) is 4. The second kappa shape index (κ2) is 7.40. The van der Waals surface area contributed by atoms with E-state index in [4.69, 9.17) is 0 Å². The molecule has 2 bridgehead atoms. The number of rotatable bonds is 2. The Morgan fingerprint density at radius 2 is 2.04 bits per heavy atom. The van der Waals surface area contributed by atoms with E-state index in [1.54, 1.807) is 4.90 Å². The number of carbonyl (C=O) groups is 1. The molecule has 0 unspecified atom stereocenters. The monoisotopic (exact) mass is 421 g/mol. The van der Waals surface area contributed by atoms with Crippen LogP contribution in [0.25, 0.3) is 5.13 Å². The van der Waals surface area contributed by atoms with Crippen molar-refractivity contribution in [2.45, 2.75) is 44.4 Å². The summed E-state index contributed by atoms with van der Waals surface area (Å²) in [7, 11) is 0. The fourth-order valence-corrected chi connectivity index (χ4v) is 4.36. The standard InChI is InChI=1S/C16H18F3N5OS.ClH/c1-9-6-13(16(17,18)19)24(22-9)15-21-12(8-26-15)14(25)23-5-4-10-2-3-11(7-23)20-10;/h6,8,10-11,20H,2-5,7H2,1H3;1H/t10-,11+;/m1./s1. The maximum absolute atomic E-state index is 13.2. The number of nitrogens with one attached hydrogen (secondary N) is 1. The average Bonchev–Trinajstić information content (AvgIpc) is 3.24. The van der Waals surface area contributed by atoms with Crippen LogP contribution in [0.4, 0.5) is 13.2 Å². The van der Waals surface area contributed by atoms with Crippen molar-refractivity contribution >= 4 is 29.7 Å². The topological polar surface area (TPSA) is 63.1 Å². The number of halogens is 4. The summed E-state index contributed by atoms with van der Waals surface area (Å²) < 4.78 is 40.3. The van der Waals surface area contributed by atoms with Gasteiger partial charge in [0.25, 0.3) is 5.91 Å². The van der Waals surface area contributed by atoms with Crippen LogP contribution in [0.5, 0.6) is 0 Å². The first-order chi connectivity index (χ1) is 12.3. The highest BCUT2D eigenvalue weighted by atomic mass is 35.5. The quantitative estimate of drug-likeness (QED) is 0.809. The van der Waals surface area contributed by atoms with Gasteiger partial charge in [-0.1, -0.05) is 0 Å². The first-order valence-electron chi connectivity index (χ1n) is 8.46. The van der Waals surface area contributed by atoms with Crippen LogP contribution in [0, 0.1) is 6.92 Å². The van der Waals surface area contributed by atoms with E-state index in [2.05, 4.69) is 15.4 Å². The van der Waals surface area contributed by atoms with Crippen LogP contribution < -0.4 is 5.32 Å². The Balaban J connectivity index is 0.00000210. The third-order valence-electron chi connectivity index (χ3n) is 4.82. The van der Waals surface area contributed by atoms with Crippen LogP contribution in [0.1, 0.15) is 41.1 Å². The predicted octanol–water partition coefficient (Wildman–Crippen LogP) is 3.04. The summed E-state index contributed by atoms with van der Waals surface area (Å²) in [5.41, 5.74) is -0.473. The summed E-state index contributed by atoms with van der Waals surface area (Å²) in [6, 6.07) is 1.71. The Morgan fingerprint density at radius 1 is 1.30 bits per heavy atom. The highest BCUT2D eigenvalue weighted by Crippen LogP contribution is 2.32. The molecule has 0 saturated carbocycles. The van der Waals surface area contributed by atoms with Crippen molar-refractivity contribution in [2.24, 2.45) is 0 Å². The molecule has 148 valence electrons. The maximum Gasteiger partial charge on any atom is 0.433 e. The lowest BCUT2D eigenvalue weighted by molar-refractivity contribution is -0.142. The molecular weight excluding hydrogens is 403 g/mol. The van der Waals surface area contributed by atoms with Crippen molar-refractivity contribution in [3.63, 3.8) is 0 Å². The summed E-state index contributed by atoms with van der Waals surface area (Å²) in [5.74, 6) is -0.237. The number of thiazole rings is 1. The third-order valence-corrected chi connectivity index (χ3v) is 5.64. The lowest BCUT2D eigenvalue weighted by Crippen LogP contribution is -2.39. The van der Waals surface area contributed by atoms with Crippen LogP contribution in [0.2, 0.25) is 0 Å². The van der Waals surface area contributed by atoms with E-state index in [-0.39, 0.29) is 40.9 Å². The van der Waals surface area contributed by atoms with Crippen molar-refractivity contribution in [3.05, 3.63) is 28.5 Å². The first-order valence-corrected chi connectivity index (χ1v) is 9.34. The summed E-state index contributed by atoms with van der Waals surface area (Å²) in [5, 5.41) is 8.93. The molecule has 2 atom stereocenters. The fraction of sp³-hybridized carbons (Fsp3) is 0.562. The zero-order valence-corrected chi connectivity index (χ0v) is 16.1. The number of aromatic nitrogens is 3. The van der Waals surface area contributed by atoms with Crippen LogP contribution in [-0.2, 0) is 6.18 Å². The molecular formula is C16H19ClF3N5OS. The molecule has 2 aliphatic rings. The van der Waals surface area contributed by atoms with Crippen molar-refractivity contribution in [1.29, 1.82) is 0 Å². The van der Waals surface area contributed by atoms with Crippen molar-refractivity contribution in [1.82, 2.24) is 25.0 Å². The summed E-state index contributed by atoms with van der Waals surface area (Å²) in [6.07, 6.45) is -1.48. The van der Waals surface area contributed by atoms with Crippen molar-refractivity contribution in [2.75, 3.05) is 13.1 Å². The lowest BCUT2D eigenvalue weighted by Gasteiger charge is -2.23. The molecule has 1 N–H and O–H groups in total. The van der Waals surface area contributed by atoms with Crippen LogP contribution in [0.15, 0.2) is 11.4 Å². The van der Waals surface area contributed by atoms with E-state index in [1.807, 2.05) is 0 Å². The highest BCUT2D eigenvalue weighted by Gasteiger charge is 2.37. The number of carbonyl (C=O) groups excluding carboxylic acids is 1. The van der Waals surface area contributed by atoms with Gasteiger partial charge in [0.05, 0.1) is 5.69 Å². The second-order valence-corrected chi connectivity index (χ2v) is 7.61. The van der Waals surface area contributed by atoms with Crippen LogP contribution >= 0.6 is 23.7 Å². The molecule has 6 nitrogen and oxygen atoms in total. The molecule has 4 heterocycles. The van der Waals surface area contributed by atoms with E-state index >= 15 is 0 Å². The number of amides is 1. The van der Waals surface area contributed by atoms with Gasteiger partial charge in [-0.05, 0) is 32.3 Å². The molecule has 4 rings (SSSR count). The Hall–Kier alpha value is -1.65. The molecule has 11 heteroatoms. The van der Waals surface area contributed by atoms with E-state index in [0.717, 1.165) is 41.3 Å². The molecule has 2 saturated heterocycles. The smallest absolute Gasteiger partial charge is 0.336 e. The lowest BCUT2D eigenvalue weighted by atomic mass is 10.1. The molecule has 2 fully saturated rings.